The Morgan fingerprint density at radius 3 is 2.86 bits per heavy atom. The molecule has 0 fully saturated rings. The first-order chi connectivity index (χ1) is 14.1. The van der Waals surface area contributed by atoms with Gasteiger partial charge in [-0.25, -0.2) is 4.98 Å². The predicted octanol–water partition coefficient (Wildman–Crippen LogP) is 5.64. The van der Waals surface area contributed by atoms with Gasteiger partial charge in [0.15, 0.2) is 4.77 Å². The Morgan fingerprint density at radius 1 is 1.24 bits per heavy atom. The van der Waals surface area contributed by atoms with Crippen LogP contribution < -0.4 is 5.32 Å². The molecule has 0 spiro atoms. The molecular weight excluding hydrogens is 380 g/mol. The highest BCUT2D eigenvalue weighted by Gasteiger charge is 2.13. The number of hydrogen-bond donors (Lipinski definition) is 2. The number of rotatable bonds is 7. The first-order valence-electron chi connectivity index (χ1n) is 10.3. The van der Waals surface area contributed by atoms with E-state index in [4.69, 9.17) is 17.2 Å². The third kappa shape index (κ3) is 3.77. The molecule has 0 saturated carbocycles. The van der Waals surface area contributed by atoms with Crippen molar-refractivity contribution in [3.8, 4) is 0 Å². The molecule has 6 heteroatoms. The lowest BCUT2D eigenvalue weighted by molar-refractivity contribution is 0.0946. The molecule has 0 radical (unpaired) electrons. The summed E-state index contributed by atoms with van der Waals surface area (Å²) in [5.74, 6) is 0.483. The van der Waals surface area contributed by atoms with Crippen molar-refractivity contribution in [3.05, 3.63) is 52.8 Å². The normalized spacial score (nSPS) is 12.6. The summed E-state index contributed by atoms with van der Waals surface area (Å²) in [6.07, 6.45) is 4.63. The highest BCUT2D eigenvalue weighted by molar-refractivity contribution is 7.71. The van der Waals surface area contributed by atoms with Crippen molar-refractivity contribution in [3.63, 3.8) is 0 Å². The predicted molar refractivity (Wildman–Crippen MR) is 121 cm³/mol. The molecule has 4 aromatic rings. The van der Waals surface area contributed by atoms with Crippen LogP contribution in [0, 0.1) is 10.7 Å². The molecule has 150 valence electrons. The molecule has 1 atom stereocenters. The number of aromatic nitrogens is 3. The maximum Gasteiger partial charge on any atom is 0.251 e. The number of amides is 1. The molecule has 0 aliphatic carbocycles. The van der Waals surface area contributed by atoms with Gasteiger partial charge >= 0.3 is 0 Å². The largest absolute Gasteiger partial charge is 0.352 e. The first kappa shape index (κ1) is 19.6. The van der Waals surface area contributed by atoms with Crippen molar-refractivity contribution in [1.82, 2.24) is 19.7 Å². The second-order valence-electron chi connectivity index (χ2n) is 7.58. The molecule has 2 aromatic carbocycles. The van der Waals surface area contributed by atoms with Crippen molar-refractivity contribution in [2.45, 2.75) is 39.5 Å². The summed E-state index contributed by atoms with van der Waals surface area (Å²) in [7, 11) is 0. The molecule has 29 heavy (non-hydrogen) atoms. The van der Waals surface area contributed by atoms with Gasteiger partial charge in [-0.3, -0.25) is 9.20 Å². The number of H-pyrrole nitrogens is 1. The van der Waals surface area contributed by atoms with Gasteiger partial charge in [0.05, 0.1) is 16.6 Å². The fraction of sp³-hybridized carbons (Fsp3) is 0.348. The van der Waals surface area contributed by atoms with Gasteiger partial charge in [-0.2, -0.15) is 0 Å². The summed E-state index contributed by atoms with van der Waals surface area (Å²) in [5, 5.41) is 4.04. The van der Waals surface area contributed by atoms with Gasteiger partial charge < -0.3 is 10.3 Å². The van der Waals surface area contributed by atoms with Crippen LogP contribution in [-0.2, 0) is 0 Å². The minimum atomic E-state index is -0.0467. The SMILES string of the molecule is CCCC[C@H](CC)CNC(=O)c1ccc2c(c1)[nH]c(=S)n1c3ccccc3nc21. The zero-order chi connectivity index (χ0) is 20.4. The van der Waals surface area contributed by atoms with Gasteiger partial charge in [-0.15, -0.1) is 0 Å². The molecule has 2 N–H and O–H groups in total. The number of fused-ring (bicyclic) bond motifs is 5. The Morgan fingerprint density at radius 2 is 2.07 bits per heavy atom. The maximum atomic E-state index is 12.7. The molecule has 5 nitrogen and oxygen atoms in total. The van der Waals surface area contributed by atoms with Gasteiger partial charge in [-0.1, -0.05) is 45.2 Å². The molecule has 2 heterocycles. The van der Waals surface area contributed by atoms with E-state index in [1.807, 2.05) is 46.9 Å². The molecule has 0 aliphatic heterocycles. The Hall–Kier alpha value is -2.73. The van der Waals surface area contributed by atoms with E-state index in [1.54, 1.807) is 0 Å². The van der Waals surface area contributed by atoms with Crippen molar-refractivity contribution >= 4 is 45.7 Å². The molecule has 0 bridgehead atoms. The molecule has 0 saturated heterocycles. The smallest absolute Gasteiger partial charge is 0.251 e. The number of hydrogen-bond acceptors (Lipinski definition) is 3. The number of unbranched alkanes of at least 4 members (excludes halogenated alkanes) is 1. The highest BCUT2D eigenvalue weighted by atomic mass is 32.1. The third-order valence-electron chi connectivity index (χ3n) is 5.62. The van der Waals surface area contributed by atoms with E-state index in [0.717, 1.165) is 40.4 Å². The zero-order valence-corrected chi connectivity index (χ0v) is 17.7. The van der Waals surface area contributed by atoms with E-state index in [9.17, 15) is 4.79 Å². The maximum absolute atomic E-state index is 12.7. The summed E-state index contributed by atoms with van der Waals surface area (Å²) >= 11 is 5.58. The van der Waals surface area contributed by atoms with Crippen LogP contribution in [0.4, 0.5) is 0 Å². The number of carbonyl (C=O) groups excluding carboxylic acids is 1. The molecular formula is C23H26N4OS. The number of benzene rings is 2. The van der Waals surface area contributed by atoms with E-state index in [1.165, 1.54) is 12.8 Å². The van der Waals surface area contributed by atoms with Crippen LogP contribution in [0.5, 0.6) is 0 Å². The van der Waals surface area contributed by atoms with Crippen molar-refractivity contribution in [2.75, 3.05) is 6.54 Å². The van der Waals surface area contributed by atoms with E-state index in [0.29, 0.717) is 22.8 Å². The average molecular weight is 407 g/mol. The summed E-state index contributed by atoms with van der Waals surface area (Å²) in [4.78, 5) is 20.7. The van der Waals surface area contributed by atoms with Crippen LogP contribution in [0.2, 0.25) is 0 Å². The van der Waals surface area contributed by atoms with E-state index in [2.05, 4.69) is 24.1 Å². The lowest BCUT2D eigenvalue weighted by atomic mass is 9.99. The molecule has 2 aromatic heterocycles. The monoisotopic (exact) mass is 406 g/mol. The second kappa shape index (κ2) is 8.33. The van der Waals surface area contributed by atoms with E-state index in [-0.39, 0.29) is 5.91 Å². The number of para-hydroxylation sites is 2. The third-order valence-corrected chi connectivity index (χ3v) is 5.91. The molecule has 0 aliphatic rings. The van der Waals surface area contributed by atoms with Crippen LogP contribution >= 0.6 is 12.2 Å². The summed E-state index contributed by atoms with van der Waals surface area (Å²) in [5.41, 5.74) is 4.14. The van der Waals surface area contributed by atoms with Crippen molar-refractivity contribution < 1.29 is 4.79 Å². The minimum Gasteiger partial charge on any atom is -0.352 e. The van der Waals surface area contributed by atoms with Crippen LogP contribution in [0.25, 0.3) is 27.6 Å². The Bertz CT molecular complexity index is 1240. The lowest BCUT2D eigenvalue weighted by Gasteiger charge is -2.15. The van der Waals surface area contributed by atoms with Crippen LogP contribution in [-0.4, -0.2) is 26.8 Å². The van der Waals surface area contributed by atoms with Gasteiger partial charge in [0, 0.05) is 17.5 Å². The van der Waals surface area contributed by atoms with E-state index < -0.39 is 0 Å². The number of nitrogens with zero attached hydrogens (tertiary/aromatic N) is 2. The van der Waals surface area contributed by atoms with Crippen LogP contribution in [0.3, 0.4) is 0 Å². The minimum absolute atomic E-state index is 0.0467. The van der Waals surface area contributed by atoms with Gasteiger partial charge in [0.1, 0.15) is 5.65 Å². The number of nitrogens with one attached hydrogen (secondary N) is 2. The zero-order valence-electron chi connectivity index (χ0n) is 16.9. The number of imidazole rings is 1. The Balaban J connectivity index is 1.66. The first-order valence-corrected chi connectivity index (χ1v) is 10.7. The molecule has 4 rings (SSSR count). The highest BCUT2D eigenvalue weighted by Crippen LogP contribution is 2.24. The lowest BCUT2D eigenvalue weighted by Crippen LogP contribution is -2.29. The standard InChI is InChI=1S/C23H26N4OS/c1-3-5-8-15(4-2)14-24-22(28)16-11-12-17-19(13-16)26-23(29)27-20-10-7-6-9-18(20)25-21(17)27/h6-7,9-13,15H,3-5,8,14H2,1-2H3,(H,24,28)(H,26,29)/t15-/m0/s1. The average Bonchev–Trinajstić information content (AvgIpc) is 3.14. The summed E-state index contributed by atoms with van der Waals surface area (Å²) in [6, 6.07) is 13.6. The Labute approximate surface area is 175 Å². The fourth-order valence-corrected chi connectivity index (χ4v) is 4.14. The second-order valence-corrected chi connectivity index (χ2v) is 7.96. The van der Waals surface area contributed by atoms with E-state index >= 15 is 0 Å². The van der Waals surface area contributed by atoms with Gasteiger partial charge in [-0.05, 0) is 54.9 Å². The number of aromatic amines is 1. The van der Waals surface area contributed by atoms with Gasteiger partial charge in [0.2, 0.25) is 0 Å². The van der Waals surface area contributed by atoms with Crippen molar-refractivity contribution in [1.29, 1.82) is 0 Å². The Kier molecular flexibility index (Phi) is 5.62. The van der Waals surface area contributed by atoms with Crippen LogP contribution in [0.1, 0.15) is 49.9 Å². The molecule has 1 amide bonds. The topological polar surface area (TPSA) is 62.2 Å². The van der Waals surface area contributed by atoms with Crippen molar-refractivity contribution in [2.24, 2.45) is 5.92 Å². The fourth-order valence-electron chi connectivity index (χ4n) is 3.85. The quantitative estimate of drug-likeness (QED) is 0.390. The van der Waals surface area contributed by atoms with Crippen LogP contribution in [0.15, 0.2) is 42.5 Å². The molecule has 0 unspecified atom stereocenters. The summed E-state index contributed by atoms with van der Waals surface area (Å²) in [6.45, 7) is 5.10. The number of carbonyl (C=O) groups is 1. The van der Waals surface area contributed by atoms with Gasteiger partial charge in [0.25, 0.3) is 5.91 Å². The summed E-state index contributed by atoms with van der Waals surface area (Å²) < 4.78 is 2.52.